The summed E-state index contributed by atoms with van der Waals surface area (Å²) in [5.41, 5.74) is 2.71. The summed E-state index contributed by atoms with van der Waals surface area (Å²) >= 11 is 0. The molecule has 0 aliphatic carbocycles. The molecule has 1 atom stereocenters. The van der Waals surface area contributed by atoms with Crippen molar-refractivity contribution in [2.75, 3.05) is 25.2 Å². The van der Waals surface area contributed by atoms with Gasteiger partial charge < -0.3 is 19.3 Å². The Morgan fingerprint density at radius 1 is 1.11 bits per heavy atom. The lowest BCUT2D eigenvalue weighted by Gasteiger charge is -2.26. The smallest absolute Gasteiger partial charge is 0.300 e. The summed E-state index contributed by atoms with van der Waals surface area (Å²) in [6.07, 6.45) is 1.64. The lowest BCUT2D eigenvalue weighted by Crippen LogP contribution is -2.29. The van der Waals surface area contributed by atoms with Crippen LogP contribution in [0.5, 0.6) is 17.2 Å². The highest BCUT2D eigenvalue weighted by Crippen LogP contribution is 2.44. The van der Waals surface area contributed by atoms with Crippen LogP contribution in [0.2, 0.25) is 0 Å². The van der Waals surface area contributed by atoms with Crippen LogP contribution in [-0.2, 0) is 16.0 Å². The largest absolute Gasteiger partial charge is 0.507 e. The minimum Gasteiger partial charge on any atom is -0.507 e. The number of Topliss-reactive ketones (excluding diaryl/α,β-unsaturated/α-hetero) is 1. The number of hydrogen-bond acceptors (Lipinski definition) is 7. The first kappa shape index (κ1) is 24.9. The minimum absolute atomic E-state index is 0.0383. The number of aliphatic hydroxyl groups excluding tert-OH is 1. The van der Waals surface area contributed by atoms with Crippen LogP contribution in [0.1, 0.15) is 41.6 Å². The van der Waals surface area contributed by atoms with Crippen molar-refractivity contribution in [1.29, 1.82) is 5.26 Å². The van der Waals surface area contributed by atoms with Gasteiger partial charge in [0.05, 0.1) is 43.6 Å². The summed E-state index contributed by atoms with van der Waals surface area (Å²) in [6.45, 7) is 2.86. The van der Waals surface area contributed by atoms with E-state index < -0.39 is 17.7 Å². The molecule has 1 saturated heterocycles. The number of nitriles is 1. The third-order valence-electron chi connectivity index (χ3n) is 6.70. The number of benzene rings is 3. The van der Waals surface area contributed by atoms with E-state index >= 15 is 0 Å². The van der Waals surface area contributed by atoms with Crippen LogP contribution in [0.25, 0.3) is 5.76 Å². The maximum atomic E-state index is 13.5. The average Bonchev–Trinajstić information content (AvgIpc) is 3.22. The van der Waals surface area contributed by atoms with Gasteiger partial charge in [-0.25, -0.2) is 0 Å². The fourth-order valence-electron chi connectivity index (χ4n) is 4.91. The molecule has 2 aliphatic heterocycles. The van der Waals surface area contributed by atoms with Gasteiger partial charge in [0, 0.05) is 11.3 Å². The molecule has 8 heteroatoms. The maximum absolute atomic E-state index is 13.5. The molecule has 0 radical (unpaired) electrons. The molecular formula is C30H26N2O6. The van der Waals surface area contributed by atoms with Gasteiger partial charge in [-0.3, -0.25) is 14.5 Å². The molecule has 2 aliphatic rings. The third kappa shape index (κ3) is 4.33. The number of hydrogen-bond donors (Lipinski definition) is 1. The third-order valence-corrected chi connectivity index (χ3v) is 6.70. The molecule has 2 heterocycles. The van der Waals surface area contributed by atoms with Gasteiger partial charge in [-0.15, -0.1) is 0 Å². The highest BCUT2D eigenvalue weighted by Gasteiger charge is 2.47. The zero-order valence-electron chi connectivity index (χ0n) is 21.1. The quantitative estimate of drug-likeness (QED) is 0.285. The summed E-state index contributed by atoms with van der Waals surface area (Å²) < 4.78 is 16.9. The van der Waals surface area contributed by atoms with Crippen LogP contribution in [0, 0.1) is 11.3 Å². The molecule has 1 unspecified atom stereocenters. The summed E-state index contributed by atoms with van der Waals surface area (Å²) in [4.78, 5) is 28.3. The van der Waals surface area contributed by atoms with Crippen molar-refractivity contribution in [3.8, 4) is 23.3 Å². The normalized spacial score (nSPS) is 17.9. The number of fused-ring (bicyclic) bond motifs is 1. The van der Waals surface area contributed by atoms with E-state index in [1.807, 2.05) is 6.92 Å². The van der Waals surface area contributed by atoms with Gasteiger partial charge in [-0.2, -0.15) is 5.26 Å². The number of anilines is 1. The van der Waals surface area contributed by atoms with Gasteiger partial charge in [0.15, 0.2) is 11.5 Å². The molecule has 8 nitrogen and oxygen atoms in total. The van der Waals surface area contributed by atoms with Crippen molar-refractivity contribution < 1.29 is 28.9 Å². The molecule has 0 bridgehead atoms. The van der Waals surface area contributed by atoms with Crippen LogP contribution in [0.3, 0.4) is 0 Å². The summed E-state index contributed by atoms with van der Waals surface area (Å²) in [6, 6.07) is 17.9. The van der Waals surface area contributed by atoms with Crippen molar-refractivity contribution >= 4 is 23.1 Å². The van der Waals surface area contributed by atoms with Crippen molar-refractivity contribution in [3.63, 3.8) is 0 Å². The van der Waals surface area contributed by atoms with Crippen LogP contribution in [-0.4, -0.2) is 37.1 Å². The predicted molar refractivity (Wildman–Crippen MR) is 140 cm³/mol. The first-order valence-electron chi connectivity index (χ1n) is 12.3. The topological polar surface area (TPSA) is 109 Å². The fraction of sp³-hybridized carbons (Fsp3) is 0.233. The number of amides is 1. The van der Waals surface area contributed by atoms with Gasteiger partial charge in [-0.1, -0.05) is 6.07 Å². The predicted octanol–water partition coefficient (Wildman–Crippen LogP) is 4.92. The first-order valence-corrected chi connectivity index (χ1v) is 12.3. The Labute approximate surface area is 220 Å². The molecule has 0 saturated carbocycles. The number of carbonyl (C=O) groups excluding carboxylic acids is 2. The summed E-state index contributed by atoms with van der Waals surface area (Å²) in [5.74, 6) is -0.161. The molecule has 3 aromatic carbocycles. The fourth-order valence-corrected chi connectivity index (χ4v) is 4.91. The van der Waals surface area contributed by atoms with E-state index in [0.29, 0.717) is 47.1 Å². The number of nitrogens with zero attached hydrogens (tertiary/aromatic N) is 2. The molecule has 1 N–H and O–H groups in total. The highest BCUT2D eigenvalue weighted by atomic mass is 16.5. The first-order chi connectivity index (χ1) is 18.5. The second kappa shape index (κ2) is 10.3. The maximum Gasteiger partial charge on any atom is 0.300 e. The van der Waals surface area contributed by atoms with Gasteiger partial charge in [0.25, 0.3) is 11.7 Å². The summed E-state index contributed by atoms with van der Waals surface area (Å²) in [7, 11) is 1.53. The summed E-state index contributed by atoms with van der Waals surface area (Å²) in [5, 5.41) is 20.7. The molecular weight excluding hydrogens is 484 g/mol. The number of methoxy groups -OCH3 is 1. The van der Waals surface area contributed by atoms with Gasteiger partial charge in [0.2, 0.25) is 0 Å². The van der Waals surface area contributed by atoms with E-state index in [-0.39, 0.29) is 11.3 Å². The second-order valence-corrected chi connectivity index (χ2v) is 8.95. The Morgan fingerprint density at radius 3 is 2.61 bits per heavy atom. The number of carbonyl (C=O) groups is 2. The zero-order chi connectivity index (χ0) is 26.8. The average molecular weight is 511 g/mol. The van der Waals surface area contributed by atoms with Crippen molar-refractivity contribution in [2.45, 2.75) is 25.8 Å². The standard InChI is InChI=1S/C30H26N2O6/c1-3-37-25-16-20(8-13-24(25)36-2)27-26(28(33)21-9-12-23-19(15-21)5-4-14-38-23)29(34)30(35)32(27)22-10-6-18(17-31)7-11-22/h6-13,15-16,27,33H,3-5,14H2,1-2H3/b28-26+. The van der Waals surface area contributed by atoms with E-state index in [1.165, 1.54) is 12.0 Å². The molecule has 0 spiro atoms. The van der Waals surface area contributed by atoms with E-state index in [4.69, 9.17) is 14.2 Å². The number of rotatable bonds is 6. The number of ether oxygens (including phenoxy) is 3. The highest BCUT2D eigenvalue weighted by molar-refractivity contribution is 6.51. The van der Waals surface area contributed by atoms with E-state index in [2.05, 4.69) is 6.07 Å². The van der Waals surface area contributed by atoms with Gasteiger partial charge in [-0.05, 0) is 85.5 Å². The Bertz CT molecular complexity index is 1490. The van der Waals surface area contributed by atoms with Crippen molar-refractivity contribution in [1.82, 2.24) is 0 Å². The lowest BCUT2D eigenvalue weighted by atomic mass is 9.93. The van der Waals surface area contributed by atoms with E-state index in [1.54, 1.807) is 60.7 Å². The number of ketones is 1. The zero-order valence-corrected chi connectivity index (χ0v) is 21.1. The Kier molecular flexibility index (Phi) is 6.75. The van der Waals surface area contributed by atoms with Crippen molar-refractivity contribution in [3.05, 3.63) is 88.5 Å². The molecule has 5 rings (SSSR count). The number of aryl methyl sites for hydroxylation is 1. The molecule has 1 amide bonds. The van der Waals surface area contributed by atoms with Crippen LogP contribution in [0.15, 0.2) is 66.2 Å². The SMILES string of the molecule is CCOc1cc(C2/C(=C(\O)c3ccc4c(c3)CCCO4)C(=O)C(=O)N2c2ccc(C#N)cc2)ccc1OC. The molecule has 3 aromatic rings. The Hall–Kier alpha value is -4.77. The van der Waals surface area contributed by atoms with E-state index in [9.17, 15) is 20.0 Å². The van der Waals surface area contributed by atoms with Crippen LogP contribution < -0.4 is 19.1 Å². The van der Waals surface area contributed by atoms with Crippen LogP contribution in [0.4, 0.5) is 5.69 Å². The lowest BCUT2D eigenvalue weighted by molar-refractivity contribution is -0.132. The molecule has 192 valence electrons. The second-order valence-electron chi connectivity index (χ2n) is 8.95. The van der Waals surface area contributed by atoms with Gasteiger partial charge >= 0.3 is 0 Å². The molecule has 0 aromatic heterocycles. The number of aliphatic hydroxyl groups is 1. The van der Waals surface area contributed by atoms with E-state index in [0.717, 1.165) is 24.2 Å². The Morgan fingerprint density at radius 2 is 1.89 bits per heavy atom. The van der Waals surface area contributed by atoms with Crippen molar-refractivity contribution in [2.24, 2.45) is 0 Å². The monoisotopic (exact) mass is 510 g/mol. The van der Waals surface area contributed by atoms with Gasteiger partial charge in [0.1, 0.15) is 11.5 Å². The molecule has 38 heavy (non-hydrogen) atoms. The minimum atomic E-state index is -0.944. The molecule has 1 fully saturated rings. The van der Waals surface area contributed by atoms with Crippen LogP contribution >= 0.6 is 0 Å². The Balaban J connectivity index is 1.70.